The SMILES string of the molecule is CCCCC(C(=O)O)C(=O)O.[Na]. The zero-order chi connectivity index (χ0) is 8.85. The van der Waals surface area contributed by atoms with Crippen molar-refractivity contribution in [2.24, 2.45) is 5.92 Å². The third-order valence-electron chi connectivity index (χ3n) is 1.44. The molecule has 2 N–H and O–H groups in total. The van der Waals surface area contributed by atoms with Gasteiger partial charge in [-0.2, -0.15) is 0 Å². The minimum Gasteiger partial charge on any atom is -0.481 e. The van der Waals surface area contributed by atoms with Crippen LogP contribution >= 0.6 is 0 Å². The standard InChI is InChI=1S/C7H12O4.Na/c1-2-3-4-5(6(8)9)7(10)11;/h5H,2-4H2,1H3,(H,8,9)(H,10,11);. The number of rotatable bonds is 5. The summed E-state index contributed by atoms with van der Waals surface area (Å²) in [6, 6.07) is 0. The maximum absolute atomic E-state index is 10.3. The summed E-state index contributed by atoms with van der Waals surface area (Å²) in [5.41, 5.74) is 0. The smallest absolute Gasteiger partial charge is 0.317 e. The number of carbonyl (C=O) groups is 2. The Labute approximate surface area is 93.3 Å². The van der Waals surface area contributed by atoms with Gasteiger partial charge in [0.2, 0.25) is 0 Å². The number of unbranched alkanes of at least 4 members (excludes halogenated alkanes) is 1. The third kappa shape index (κ3) is 5.57. The molecule has 0 aliphatic rings. The van der Waals surface area contributed by atoms with Crippen LogP contribution in [0.25, 0.3) is 0 Å². The Morgan fingerprint density at radius 2 is 1.67 bits per heavy atom. The molecule has 0 saturated carbocycles. The molecule has 5 heteroatoms. The van der Waals surface area contributed by atoms with E-state index >= 15 is 0 Å². The average Bonchev–Trinajstić information content (AvgIpc) is 1.87. The van der Waals surface area contributed by atoms with Gasteiger partial charge in [0.25, 0.3) is 0 Å². The molecule has 0 aromatic rings. The second-order valence-electron chi connectivity index (χ2n) is 2.37. The van der Waals surface area contributed by atoms with Crippen molar-refractivity contribution < 1.29 is 19.8 Å². The molecule has 0 unspecified atom stereocenters. The molecular weight excluding hydrogens is 171 g/mol. The molecule has 1 radical (unpaired) electrons. The van der Waals surface area contributed by atoms with Crippen molar-refractivity contribution in [3.63, 3.8) is 0 Å². The predicted molar refractivity (Wildman–Crippen MR) is 44.0 cm³/mol. The van der Waals surface area contributed by atoms with E-state index in [-0.39, 0.29) is 36.0 Å². The summed E-state index contributed by atoms with van der Waals surface area (Å²) in [5.74, 6) is -3.72. The first kappa shape index (κ1) is 14.5. The van der Waals surface area contributed by atoms with E-state index in [2.05, 4.69) is 0 Å². The Kier molecular flexibility index (Phi) is 9.14. The summed E-state index contributed by atoms with van der Waals surface area (Å²) in [7, 11) is 0. The van der Waals surface area contributed by atoms with Crippen molar-refractivity contribution in [1.82, 2.24) is 0 Å². The zero-order valence-corrected chi connectivity index (χ0v) is 9.41. The molecule has 0 spiro atoms. The van der Waals surface area contributed by atoms with Crippen LogP contribution in [-0.4, -0.2) is 51.7 Å². The van der Waals surface area contributed by atoms with Crippen molar-refractivity contribution in [2.45, 2.75) is 26.2 Å². The van der Waals surface area contributed by atoms with Crippen LogP contribution in [0, 0.1) is 5.92 Å². The summed E-state index contributed by atoms with van der Waals surface area (Å²) in [4.78, 5) is 20.5. The Balaban J connectivity index is 0. The van der Waals surface area contributed by atoms with Gasteiger partial charge in [0, 0.05) is 29.6 Å². The van der Waals surface area contributed by atoms with Crippen LogP contribution in [0.5, 0.6) is 0 Å². The Morgan fingerprint density at radius 3 is 1.92 bits per heavy atom. The van der Waals surface area contributed by atoms with Crippen LogP contribution in [0.3, 0.4) is 0 Å². The summed E-state index contributed by atoms with van der Waals surface area (Å²) in [6.07, 6.45) is 1.68. The van der Waals surface area contributed by atoms with Gasteiger partial charge in [-0.25, -0.2) is 0 Å². The van der Waals surface area contributed by atoms with Crippen molar-refractivity contribution in [1.29, 1.82) is 0 Å². The first-order chi connectivity index (χ1) is 5.09. The molecule has 0 amide bonds. The second kappa shape index (κ2) is 7.58. The molecular formula is C7H12NaO4. The third-order valence-corrected chi connectivity index (χ3v) is 1.44. The van der Waals surface area contributed by atoms with E-state index in [0.29, 0.717) is 6.42 Å². The molecule has 0 aromatic carbocycles. The van der Waals surface area contributed by atoms with Crippen LogP contribution in [0.2, 0.25) is 0 Å². The molecule has 0 atom stereocenters. The minimum atomic E-state index is -1.24. The van der Waals surface area contributed by atoms with Crippen LogP contribution < -0.4 is 0 Å². The van der Waals surface area contributed by atoms with Crippen molar-refractivity contribution in [3.05, 3.63) is 0 Å². The number of carboxylic acids is 2. The maximum Gasteiger partial charge on any atom is 0.317 e. The van der Waals surface area contributed by atoms with E-state index in [9.17, 15) is 9.59 Å². The first-order valence-corrected chi connectivity index (χ1v) is 3.55. The Morgan fingerprint density at radius 1 is 1.25 bits per heavy atom. The fourth-order valence-corrected chi connectivity index (χ4v) is 0.761. The van der Waals surface area contributed by atoms with Crippen LogP contribution in [0.15, 0.2) is 0 Å². The second-order valence-corrected chi connectivity index (χ2v) is 2.37. The normalized spacial score (nSPS) is 9.17. The summed E-state index contributed by atoms with van der Waals surface area (Å²) < 4.78 is 0. The van der Waals surface area contributed by atoms with Crippen LogP contribution in [0.4, 0.5) is 0 Å². The Hall–Kier alpha value is -0.0600. The molecule has 0 bridgehead atoms. The maximum atomic E-state index is 10.3. The van der Waals surface area contributed by atoms with Gasteiger partial charge in [-0.3, -0.25) is 9.59 Å². The van der Waals surface area contributed by atoms with E-state index < -0.39 is 17.9 Å². The van der Waals surface area contributed by atoms with E-state index in [0.717, 1.165) is 6.42 Å². The van der Waals surface area contributed by atoms with Crippen molar-refractivity contribution in [2.75, 3.05) is 0 Å². The fraction of sp³-hybridized carbons (Fsp3) is 0.714. The molecule has 0 heterocycles. The molecule has 0 aliphatic carbocycles. The summed E-state index contributed by atoms with van der Waals surface area (Å²) in [5, 5.41) is 16.8. The van der Waals surface area contributed by atoms with Crippen LogP contribution in [0.1, 0.15) is 26.2 Å². The molecule has 0 saturated heterocycles. The fourth-order valence-electron chi connectivity index (χ4n) is 0.761. The number of aliphatic carboxylic acids is 2. The predicted octanol–water partition coefficient (Wildman–Crippen LogP) is 0.581. The van der Waals surface area contributed by atoms with Crippen LogP contribution in [-0.2, 0) is 9.59 Å². The van der Waals surface area contributed by atoms with Crippen molar-refractivity contribution >= 4 is 41.5 Å². The molecule has 0 aromatic heterocycles. The van der Waals surface area contributed by atoms with E-state index in [1.165, 1.54) is 0 Å². The summed E-state index contributed by atoms with van der Waals surface area (Å²) in [6.45, 7) is 1.89. The van der Waals surface area contributed by atoms with Gasteiger partial charge in [0.1, 0.15) is 0 Å². The van der Waals surface area contributed by atoms with Gasteiger partial charge >= 0.3 is 11.9 Å². The topological polar surface area (TPSA) is 74.6 Å². The van der Waals surface area contributed by atoms with E-state index in [1.54, 1.807) is 0 Å². The largest absolute Gasteiger partial charge is 0.481 e. The van der Waals surface area contributed by atoms with Gasteiger partial charge < -0.3 is 10.2 Å². The van der Waals surface area contributed by atoms with Gasteiger partial charge in [-0.1, -0.05) is 19.8 Å². The zero-order valence-electron chi connectivity index (χ0n) is 7.41. The molecule has 65 valence electrons. The van der Waals surface area contributed by atoms with Gasteiger partial charge in [0.15, 0.2) is 5.92 Å². The van der Waals surface area contributed by atoms with E-state index in [1.807, 2.05) is 6.92 Å². The van der Waals surface area contributed by atoms with Gasteiger partial charge in [-0.15, -0.1) is 0 Å². The van der Waals surface area contributed by atoms with Gasteiger partial charge in [-0.05, 0) is 6.42 Å². The van der Waals surface area contributed by atoms with Crippen molar-refractivity contribution in [3.8, 4) is 0 Å². The molecule has 0 rings (SSSR count). The monoisotopic (exact) mass is 183 g/mol. The Bertz CT molecular complexity index is 143. The number of carboxylic acid groups (broad SMARTS) is 2. The quantitative estimate of drug-likeness (QED) is 0.483. The number of hydrogen-bond donors (Lipinski definition) is 2. The average molecular weight is 183 g/mol. The van der Waals surface area contributed by atoms with E-state index in [4.69, 9.17) is 10.2 Å². The molecule has 12 heavy (non-hydrogen) atoms. The first-order valence-electron chi connectivity index (χ1n) is 3.55. The van der Waals surface area contributed by atoms with Gasteiger partial charge in [0.05, 0.1) is 0 Å². The molecule has 0 fully saturated rings. The molecule has 0 aliphatic heterocycles. The summed E-state index contributed by atoms with van der Waals surface area (Å²) >= 11 is 0. The minimum absolute atomic E-state index is 0. The molecule has 4 nitrogen and oxygen atoms in total. The number of hydrogen-bond acceptors (Lipinski definition) is 2.